The van der Waals surface area contributed by atoms with E-state index in [4.69, 9.17) is 5.26 Å². The van der Waals surface area contributed by atoms with Gasteiger partial charge in [0.05, 0.1) is 18.2 Å². The fourth-order valence-corrected chi connectivity index (χ4v) is 2.06. The average Bonchev–Trinajstić information content (AvgIpc) is 2.21. The molecule has 0 aromatic rings. The van der Waals surface area contributed by atoms with Gasteiger partial charge in [0.15, 0.2) is 0 Å². The first-order valence-electron chi connectivity index (χ1n) is 5.71. The molecule has 1 rings (SSSR count). The Labute approximate surface area is 92.1 Å². The van der Waals surface area contributed by atoms with Crippen LogP contribution in [-0.4, -0.2) is 59.8 Å². The van der Waals surface area contributed by atoms with Crippen LogP contribution >= 0.6 is 0 Å². The van der Waals surface area contributed by atoms with Gasteiger partial charge in [-0.1, -0.05) is 6.92 Å². The standard InChI is InChI=1S/C11H21N3O/c1-3-11(8-12)14-6-4-13(5-7-14)9-10(2)15/h10-11,15H,3-7,9H2,1-2H3. The van der Waals surface area contributed by atoms with E-state index in [-0.39, 0.29) is 12.1 Å². The van der Waals surface area contributed by atoms with Crippen molar-refractivity contribution in [2.45, 2.75) is 32.4 Å². The molecule has 1 saturated heterocycles. The molecular formula is C11H21N3O. The summed E-state index contributed by atoms with van der Waals surface area (Å²) in [6.45, 7) is 8.42. The Balaban J connectivity index is 2.32. The van der Waals surface area contributed by atoms with Crippen molar-refractivity contribution in [3.05, 3.63) is 0 Å². The molecule has 0 amide bonds. The Hall–Kier alpha value is -0.630. The Bertz CT molecular complexity index is 216. The van der Waals surface area contributed by atoms with Crippen molar-refractivity contribution in [3.63, 3.8) is 0 Å². The van der Waals surface area contributed by atoms with Crippen LogP contribution in [0.5, 0.6) is 0 Å². The number of aliphatic hydroxyl groups excluding tert-OH is 1. The van der Waals surface area contributed by atoms with Crippen LogP contribution in [0.4, 0.5) is 0 Å². The van der Waals surface area contributed by atoms with Crippen LogP contribution in [0.25, 0.3) is 0 Å². The topological polar surface area (TPSA) is 50.5 Å². The quantitative estimate of drug-likeness (QED) is 0.726. The number of aliphatic hydroxyl groups is 1. The van der Waals surface area contributed by atoms with Crippen LogP contribution in [0.1, 0.15) is 20.3 Å². The van der Waals surface area contributed by atoms with Gasteiger partial charge in [0, 0.05) is 32.7 Å². The van der Waals surface area contributed by atoms with Crippen molar-refractivity contribution < 1.29 is 5.11 Å². The molecule has 15 heavy (non-hydrogen) atoms. The lowest BCUT2D eigenvalue weighted by Crippen LogP contribution is -2.51. The van der Waals surface area contributed by atoms with Crippen molar-refractivity contribution in [2.24, 2.45) is 0 Å². The van der Waals surface area contributed by atoms with E-state index in [1.807, 2.05) is 6.92 Å². The zero-order valence-electron chi connectivity index (χ0n) is 9.69. The van der Waals surface area contributed by atoms with Crippen LogP contribution in [0.3, 0.4) is 0 Å². The summed E-state index contributed by atoms with van der Waals surface area (Å²) >= 11 is 0. The van der Waals surface area contributed by atoms with Crippen LogP contribution in [0.15, 0.2) is 0 Å². The molecule has 1 heterocycles. The molecule has 1 aliphatic heterocycles. The van der Waals surface area contributed by atoms with E-state index in [1.54, 1.807) is 0 Å². The number of hydrogen-bond donors (Lipinski definition) is 1. The second kappa shape index (κ2) is 6.06. The van der Waals surface area contributed by atoms with Gasteiger partial charge in [0.2, 0.25) is 0 Å². The maximum absolute atomic E-state index is 9.26. The predicted molar refractivity (Wildman–Crippen MR) is 59.4 cm³/mol. The van der Waals surface area contributed by atoms with E-state index < -0.39 is 0 Å². The largest absolute Gasteiger partial charge is 0.392 e. The fraction of sp³-hybridized carbons (Fsp3) is 0.909. The first kappa shape index (κ1) is 12.4. The van der Waals surface area contributed by atoms with E-state index in [9.17, 15) is 5.11 Å². The van der Waals surface area contributed by atoms with Crippen LogP contribution in [0.2, 0.25) is 0 Å². The highest BCUT2D eigenvalue weighted by atomic mass is 16.3. The number of piperazine rings is 1. The summed E-state index contributed by atoms with van der Waals surface area (Å²) in [6, 6.07) is 2.40. The molecule has 4 nitrogen and oxygen atoms in total. The van der Waals surface area contributed by atoms with Gasteiger partial charge in [0.25, 0.3) is 0 Å². The molecule has 2 unspecified atom stereocenters. The lowest BCUT2D eigenvalue weighted by molar-refractivity contribution is 0.0712. The van der Waals surface area contributed by atoms with Crippen molar-refractivity contribution >= 4 is 0 Å². The van der Waals surface area contributed by atoms with Crippen LogP contribution in [-0.2, 0) is 0 Å². The third kappa shape index (κ3) is 3.78. The monoisotopic (exact) mass is 211 g/mol. The summed E-state index contributed by atoms with van der Waals surface area (Å²) in [5.41, 5.74) is 0. The number of nitrogens with zero attached hydrogens (tertiary/aromatic N) is 3. The van der Waals surface area contributed by atoms with Crippen molar-refractivity contribution in [2.75, 3.05) is 32.7 Å². The van der Waals surface area contributed by atoms with Crippen LogP contribution < -0.4 is 0 Å². The maximum atomic E-state index is 9.26. The van der Waals surface area contributed by atoms with E-state index in [1.165, 1.54) is 0 Å². The van der Waals surface area contributed by atoms with Gasteiger partial charge in [-0.2, -0.15) is 5.26 Å². The molecule has 0 bridgehead atoms. The number of hydrogen-bond acceptors (Lipinski definition) is 4. The summed E-state index contributed by atoms with van der Waals surface area (Å²) in [6.07, 6.45) is 0.641. The molecule has 0 saturated carbocycles. The molecule has 1 fully saturated rings. The Morgan fingerprint density at radius 3 is 2.33 bits per heavy atom. The number of rotatable bonds is 4. The highest BCUT2D eigenvalue weighted by Gasteiger charge is 2.22. The number of β-amino-alcohol motifs (C(OH)–C–C–N with tert-alkyl or cyclic N) is 1. The Morgan fingerprint density at radius 2 is 1.93 bits per heavy atom. The molecule has 1 aliphatic rings. The van der Waals surface area contributed by atoms with Gasteiger partial charge in [-0.25, -0.2) is 0 Å². The van der Waals surface area contributed by atoms with E-state index in [0.717, 1.165) is 39.1 Å². The Morgan fingerprint density at radius 1 is 1.33 bits per heavy atom. The second-order valence-electron chi connectivity index (χ2n) is 4.24. The average molecular weight is 211 g/mol. The minimum absolute atomic E-state index is 0.0682. The molecule has 86 valence electrons. The summed E-state index contributed by atoms with van der Waals surface area (Å²) in [7, 11) is 0. The molecule has 0 spiro atoms. The lowest BCUT2D eigenvalue weighted by atomic mass is 10.2. The third-order valence-electron chi connectivity index (χ3n) is 2.91. The molecule has 0 aromatic heterocycles. The summed E-state index contributed by atoms with van der Waals surface area (Å²) < 4.78 is 0. The first-order valence-corrected chi connectivity index (χ1v) is 5.71. The van der Waals surface area contributed by atoms with Gasteiger partial charge < -0.3 is 5.11 Å². The minimum Gasteiger partial charge on any atom is -0.392 e. The van der Waals surface area contributed by atoms with E-state index >= 15 is 0 Å². The molecule has 0 radical (unpaired) electrons. The molecular weight excluding hydrogens is 190 g/mol. The predicted octanol–water partition coefficient (Wildman–Crippen LogP) is 0.287. The van der Waals surface area contributed by atoms with E-state index in [2.05, 4.69) is 22.8 Å². The van der Waals surface area contributed by atoms with Crippen LogP contribution in [0, 0.1) is 11.3 Å². The summed E-state index contributed by atoms with van der Waals surface area (Å²) in [4.78, 5) is 4.49. The lowest BCUT2D eigenvalue weighted by Gasteiger charge is -2.37. The minimum atomic E-state index is -0.255. The normalized spacial score (nSPS) is 23.3. The first-order chi connectivity index (χ1) is 7.17. The summed E-state index contributed by atoms with van der Waals surface area (Å²) in [5.74, 6) is 0. The molecule has 0 aromatic carbocycles. The van der Waals surface area contributed by atoms with Gasteiger partial charge in [-0.3, -0.25) is 9.80 Å². The van der Waals surface area contributed by atoms with Gasteiger partial charge in [-0.05, 0) is 13.3 Å². The van der Waals surface area contributed by atoms with Gasteiger partial charge in [-0.15, -0.1) is 0 Å². The van der Waals surface area contributed by atoms with Crippen molar-refractivity contribution in [3.8, 4) is 6.07 Å². The molecule has 4 heteroatoms. The van der Waals surface area contributed by atoms with E-state index in [0.29, 0.717) is 0 Å². The summed E-state index contributed by atoms with van der Waals surface area (Å²) in [5, 5.41) is 18.2. The third-order valence-corrected chi connectivity index (χ3v) is 2.91. The molecule has 0 aliphatic carbocycles. The highest BCUT2D eigenvalue weighted by Crippen LogP contribution is 2.08. The zero-order chi connectivity index (χ0) is 11.3. The Kier molecular flexibility index (Phi) is 5.03. The highest BCUT2D eigenvalue weighted by molar-refractivity contribution is 4.92. The zero-order valence-corrected chi connectivity index (χ0v) is 9.69. The second-order valence-corrected chi connectivity index (χ2v) is 4.24. The molecule has 1 N–H and O–H groups in total. The fourth-order valence-electron chi connectivity index (χ4n) is 2.06. The maximum Gasteiger partial charge on any atom is 0.0976 e. The van der Waals surface area contributed by atoms with Crippen molar-refractivity contribution in [1.29, 1.82) is 5.26 Å². The molecule has 2 atom stereocenters. The van der Waals surface area contributed by atoms with Gasteiger partial charge >= 0.3 is 0 Å². The smallest absolute Gasteiger partial charge is 0.0976 e. The van der Waals surface area contributed by atoms with Crippen molar-refractivity contribution in [1.82, 2.24) is 9.80 Å². The SMILES string of the molecule is CCC(C#N)N1CCN(CC(C)O)CC1. The van der Waals surface area contributed by atoms with Gasteiger partial charge in [0.1, 0.15) is 0 Å². The number of nitriles is 1.